The van der Waals surface area contributed by atoms with Gasteiger partial charge in [-0.15, -0.1) is 12.4 Å². The molecule has 2 amide bonds. The highest BCUT2D eigenvalue weighted by molar-refractivity contribution is 5.91. The van der Waals surface area contributed by atoms with E-state index in [9.17, 15) is 9.59 Å². The molecule has 5 nitrogen and oxygen atoms in total. The summed E-state index contributed by atoms with van der Waals surface area (Å²) in [5, 5.41) is 6.08. The lowest BCUT2D eigenvalue weighted by Crippen LogP contribution is -2.52. The third-order valence-corrected chi connectivity index (χ3v) is 4.18. The van der Waals surface area contributed by atoms with Crippen LogP contribution in [0.15, 0.2) is 30.3 Å². The van der Waals surface area contributed by atoms with Gasteiger partial charge >= 0.3 is 0 Å². The Morgan fingerprint density at radius 1 is 1.36 bits per heavy atom. The van der Waals surface area contributed by atoms with Crippen LogP contribution in [0.25, 0.3) is 0 Å². The van der Waals surface area contributed by atoms with Crippen molar-refractivity contribution in [2.75, 3.05) is 13.1 Å². The molecule has 0 saturated carbocycles. The van der Waals surface area contributed by atoms with Crippen molar-refractivity contribution in [2.45, 2.75) is 31.7 Å². The molecular formula is C16H24ClN3O2. The van der Waals surface area contributed by atoms with Gasteiger partial charge in [0.15, 0.2) is 0 Å². The molecule has 2 unspecified atom stereocenters. The third-order valence-electron chi connectivity index (χ3n) is 4.18. The Morgan fingerprint density at radius 2 is 2.05 bits per heavy atom. The molecule has 0 aromatic heterocycles. The van der Waals surface area contributed by atoms with Gasteiger partial charge in [-0.25, -0.2) is 0 Å². The molecule has 22 heavy (non-hydrogen) atoms. The molecule has 6 heteroatoms. The van der Waals surface area contributed by atoms with E-state index in [-0.39, 0.29) is 18.3 Å². The fraction of sp³-hybridized carbons (Fsp3) is 0.500. The smallest absolute Gasteiger partial charge is 0.247 e. The summed E-state index contributed by atoms with van der Waals surface area (Å²) >= 11 is 0. The Bertz CT molecular complexity index is 503. The molecule has 1 aliphatic heterocycles. The van der Waals surface area contributed by atoms with Gasteiger partial charge in [0.1, 0.15) is 5.54 Å². The maximum Gasteiger partial charge on any atom is 0.247 e. The number of nitrogens with one attached hydrogen (secondary N) is 2. The van der Waals surface area contributed by atoms with Gasteiger partial charge in [0.25, 0.3) is 0 Å². The normalized spacial score (nSPS) is 19.8. The molecule has 122 valence electrons. The molecule has 0 aliphatic carbocycles. The predicted octanol–water partition coefficient (Wildman–Crippen LogP) is 1.31. The summed E-state index contributed by atoms with van der Waals surface area (Å²) in [5.74, 6) is -0.135. The Labute approximate surface area is 137 Å². The number of carbonyl (C=O) groups excluding carboxylic acids is 2. The summed E-state index contributed by atoms with van der Waals surface area (Å²) in [7, 11) is 0. The molecule has 0 bridgehead atoms. The first-order valence-corrected chi connectivity index (χ1v) is 7.39. The number of carbonyl (C=O) groups is 2. The van der Waals surface area contributed by atoms with Gasteiger partial charge in [-0.1, -0.05) is 30.3 Å². The van der Waals surface area contributed by atoms with Gasteiger partial charge in [-0.3, -0.25) is 9.59 Å². The van der Waals surface area contributed by atoms with E-state index in [4.69, 9.17) is 5.73 Å². The number of nitrogens with two attached hydrogens (primary N) is 1. The highest BCUT2D eigenvalue weighted by atomic mass is 35.5. The van der Waals surface area contributed by atoms with Crippen LogP contribution in [0.2, 0.25) is 0 Å². The Balaban J connectivity index is 0.00000242. The van der Waals surface area contributed by atoms with Crippen LogP contribution in [0.5, 0.6) is 0 Å². The zero-order chi connectivity index (χ0) is 15.3. The molecule has 1 saturated heterocycles. The van der Waals surface area contributed by atoms with Crippen LogP contribution in [0.3, 0.4) is 0 Å². The number of rotatable bonds is 6. The van der Waals surface area contributed by atoms with E-state index in [1.54, 1.807) is 19.1 Å². The maximum atomic E-state index is 12.2. The SMILES string of the molecule is CC(NC(=O)CCC1CCNC1)(C(N)=O)c1ccccc1.Cl. The highest BCUT2D eigenvalue weighted by Gasteiger charge is 2.34. The van der Waals surface area contributed by atoms with Crippen LogP contribution in [0.1, 0.15) is 31.7 Å². The number of hydrogen-bond donors (Lipinski definition) is 3. The van der Waals surface area contributed by atoms with Crippen molar-refractivity contribution < 1.29 is 9.59 Å². The van der Waals surface area contributed by atoms with Gasteiger partial charge in [0.05, 0.1) is 0 Å². The summed E-state index contributed by atoms with van der Waals surface area (Å²) in [5.41, 5.74) is 5.05. The van der Waals surface area contributed by atoms with E-state index >= 15 is 0 Å². The number of benzene rings is 1. The predicted molar refractivity (Wildman–Crippen MR) is 88.6 cm³/mol. The zero-order valence-electron chi connectivity index (χ0n) is 12.8. The second-order valence-electron chi connectivity index (χ2n) is 5.80. The molecule has 1 heterocycles. The highest BCUT2D eigenvalue weighted by Crippen LogP contribution is 2.21. The number of halogens is 1. The van der Waals surface area contributed by atoms with Crippen molar-refractivity contribution in [2.24, 2.45) is 11.7 Å². The van der Waals surface area contributed by atoms with Crippen molar-refractivity contribution >= 4 is 24.2 Å². The Hall–Kier alpha value is -1.59. The molecule has 0 radical (unpaired) electrons. The Morgan fingerprint density at radius 3 is 2.59 bits per heavy atom. The first-order valence-electron chi connectivity index (χ1n) is 7.39. The van der Waals surface area contributed by atoms with Crippen LogP contribution in [-0.2, 0) is 15.1 Å². The number of amides is 2. The first kappa shape index (κ1) is 18.5. The standard InChI is InChI=1S/C16H23N3O2.ClH/c1-16(15(17)21,13-5-3-2-4-6-13)19-14(20)8-7-12-9-10-18-11-12;/h2-6,12,18H,7-11H2,1H3,(H2,17,21)(H,19,20);1H. The van der Waals surface area contributed by atoms with Gasteiger partial charge in [0, 0.05) is 6.42 Å². The second-order valence-corrected chi connectivity index (χ2v) is 5.80. The molecule has 1 aromatic rings. The van der Waals surface area contributed by atoms with Crippen molar-refractivity contribution in [1.82, 2.24) is 10.6 Å². The minimum atomic E-state index is -1.16. The van der Waals surface area contributed by atoms with E-state index in [1.807, 2.05) is 18.2 Å². The van der Waals surface area contributed by atoms with Gasteiger partial charge in [0.2, 0.25) is 11.8 Å². The van der Waals surface area contributed by atoms with E-state index in [2.05, 4.69) is 10.6 Å². The van der Waals surface area contributed by atoms with Crippen molar-refractivity contribution in [3.8, 4) is 0 Å². The third kappa shape index (κ3) is 4.45. The van der Waals surface area contributed by atoms with Crippen LogP contribution in [-0.4, -0.2) is 24.9 Å². The molecule has 1 aromatic carbocycles. The van der Waals surface area contributed by atoms with Crippen LogP contribution >= 0.6 is 12.4 Å². The summed E-state index contributed by atoms with van der Waals surface area (Å²) in [6.45, 7) is 3.65. The van der Waals surface area contributed by atoms with Crippen LogP contribution < -0.4 is 16.4 Å². The molecule has 2 atom stereocenters. The van der Waals surface area contributed by atoms with E-state index < -0.39 is 11.4 Å². The number of primary amides is 1. The molecular weight excluding hydrogens is 302 g/mol. The average molecular weight is 326 g/mol. The second kappa shape index (κ2) is 8.15. The fourth-order valence-electron chi connectivity index (χ4n) is 2.68. The quantitative estimate of drug-likeness (QED) is 0.737. The molecule has 4 N–H and O–H groups in total. The van der Waals surface area contributed by atoms with Gasteiger partial charge < -0.3 is 16.4 Å². The zero-order valence-corrected chi connectivity index (χ0v) is 13.6. The lowest BCUT2D eigenvalue weighted by atomic mass is 9.90. The molecule has 1 aliphatic rings. The monoisotopic (exact) mass is 325 g/mol. The van der Waals surface area contributed by atoms with E-state index in [1.165, 1.54) is 0 Å². The first-order chi connectivity index (χ1) is 10.0. The lowest BCUT2D eigenvalue weighted by molar-refractivity contribution is -0.131. The van der Waals surface area contributed by atoms with E-state index in [0.717, 1.165) is 25.9 Å². The van der Waals surface area contributed by atoms with Crippen LogP contribution in [0.4, 0.5) is 0 Å². The summed E-state index contributed by atoms with van der Waals surface area (Å²) in [6, 6.07) is 9.11. The van der Waals surface area contributed by atoms with Gasteiger partial charge in [-0.05, 0) is 44.3 Å². The largest absolute Gasteiger partial charge is 0.367 e. The van der Waals surface area contributed by atoms with Crippen molar-refractivity contribution in [3.63, 3.8) is 0 Å². The maximum absolute atomic E-state index is 12.2. The average Bonchev–Trinajstić information content (AvgIpc) is 2.99. The van der Waals surface area contributed by atoms with Crippen molar-refractivity contribution in [1.29, 1.82) is 0 Å². The van der Waals surface area contributed by atoms with Crippen LogP contribution in [0, 0.1) is 5.92 Å². The summed E-state index contributed by atoms with van der Waals surface area (Å²) < 4.78 is 0. The molecule has 2 rings (SSSR count). The summed E-state index contributed by atoms with van der Waals surface area (Å²) in [4.78, 5) is 24.0. The number of hydrogen-bond acceptors (Lipinski definition) is 3. The molecule has 0 spiro atoms. The fourth-order valence-corrected chi connectivity index (χ4v) is 2.68. The van der Waals surface area contributed by atoms with Crippen molar-refractivity contribution in [3.05, 3.63) is 35.9 Å². The summed E-state index contributed by atoms with van der Waals surface area (Å²) in [6.07, 6.45) is 2.36. The lowest BCUT2D eigenvalue weighted by Gasteiger charge is -2.28. The molecule has 1 fully saturated rings. The van der Waals surface area contributed by atoms with Gasteiger partial charge in [-0.2, -0.15) is 0 Å². The minimum absolute atomic E-state index is 0. The Kier molecular flexibility index (Phi) is 6.84. The minimum Gasteiger partial charge on any atom is -0.367 e. The topological polar surface area (TPSA) is 84.2 Å². The van der Waals surface area contributed by atoms with E-state index in [0.29, 0.717) is 17.9 Å².